The Labute approximate surface area is 145 Å². The van der Waals surface area contributed by atoms with Gasteiger partial charge in [0.25, 0.3) is 5.91 Å². The molecule has 1 aromatic carbocycles. The van der Waals surface area contributed by atoms with Crippen molar-refractivity contribution in [2.24, 2.45) is 5.41 Å². The van der Waals surface area contributed by atoms with Crippen LogP contribution in [0.1, 0.15) is 51.7 Å². The summed E-state index contributed by atoms with van der Waals surface area (Å²) in [5.74, 6) is -0.598. The maximum Gasteiger partial charge on any atom is 0.251 e. The van der Waals surface area contributed by atoms with E-state index < -0.39 is 17.6 Å². The van der Waals surface area contributed by atoms with Gasteiger partial charge < -0.3 is 10.4 Å². The Morgan fingerprint density at radius 3 is 2.60 bits per heavy atom. The second kappa shape index (κ2) is 6.11. The second-order valence-electron chi connectivity index (χ2n) is 6.60. The number of ketones is 1. The van der Waals surface area contributed by atoms with Gasteiger partial charge in [-0.3, -0.25) is 14.6 Å². The predicted molar refractivity (Wildman–Crippen MR) is 89.7 cm³/mol. The third-order valence-electron chi connectivity index (χ3n) is 4.63. The van der Waals surface area contributed by atoms with Crippen molar-refractivity contribution in [3.8, 4) is 6.07 Å². The molecule has 2 aromatic rings. The minimum Gasteiger partial charge on any atom is -0.390 e. The summed E-state index contributed by atoms with van der Waals surface area (Å²) in [6.45, 7) is 3.29. The van der Waals surface area contributed by atoms with Gasteiger partial charge in [0.1, 0.15) is 0 Å². The van der Waals surface area contributed by atoms with Gasteiger partial charge in [-0.15, -0.1) is 0 Å². The number of fused-ring (bicyclic) bond motifs is 1. The van der Waals surface area contributed by atoms with E-state index in [0.717, 1.165) is 0 Å². The lowest BCUT2D eigenvalue weighted by atomic mass is 9.68. The van der Waals surface area contributed by atoms with Gasteiger partial charge in [0.15, 0.2) is 5.78 Å². The Morgan fingerprint density at radius 2 is 1.96 bits per heavy atom. The third kappa shape index (κ3) is 2.79. The number of nitrogens with zero attached hydrogens (tertiary/aromatic N) is 2. The smallest absolute Gasteiger partial charge is 0.251 e. The number of benzene rings is 1. The monoisotopic (exact) mass is 335 g/mol. The summed E-state index contributed by atoms with van der Waals surface area (Å²) in [5.41, 5.74) is 0.571. The highest BCUT2D eigenvalue weighted by atomic mass is 16.3. The molecule has 0 radical (unpaired) electrons. The Kier molecular flexibility index (Phi) is 4.11. The van der Waals surface area contributed by atoms with Crippen LogP contribution >= 0.6 is 0 Å². The summed E-state index contributed by atoms with van der Waals surface area (Å²) >= 11 is 0. The van der Waals surface area contributed by atoms with Gasteiger partial charge in [-0.2, -0.15) is 5.26 Å². The van der Waals surface area contributed by atoms with Crippen molar-refractivity contribution in [1.29, 1.82) is 5.26 Å². The van der Waals surface area contributed by atoms with Crippen molar-refractivity contribution in [2.45, 2.75) is 26.0 Å². The van der Waals surface area contributed by atoms with Crippen LogP contribution in [0.25, 0.3) is 0 Å². The quantitative estimate of drug-likeness (QED) is 0.874. The summed E-state index contributed by atoms with van der Waals surface area (Å²) in [4.78, 5) is 29.1. The maximum atomic E-state index is 12.7. The zero-order valence-corrected chi connectivity index (χ0v) is 13.9. The predicted octanol–water partition coefficient (Wildman–Crippen LogP) is 2.01. The minimum atomic E-state index is -1.12. The fourth-order valence-electron chi connectivity index (χ4n) is 3.05. The molecule has 0 unspecified atom stereocenters. The molecular formula is C19H17N3O3. The summed E-state index contributed by atoms with van der Waals surface area (Å²) in [7, 11) is 0. The largest absolute Gasteiger partial charge is 0.390 e. The highest BCUT2D eigenvalue weighted by Gasteiger charge is 2.47. The summed E-state index contributed by atoms with van der Waals surface area (Å²) in [6.07, 6.45) is 1.88. The van der Waals surface area contributed by atoms with Crippen LogP contribution in [0, 0.1) is 16.7 Å². The lowest BCUT2D eigenvalue weighted by molar-refractivity contribution is 0.0129. The van der Waals surface area contributed by atoms with E-state index in [1.54, 1.807) is 44.2 Å². The average molecular weight is 335 g/mol. The van der Waals surface area contributed by atoms with Crippen LogP contribution in [-0.4, -0.2) is 27.9 Å². The highest BCUT2D eigenvalue weighted by molar-refractivity contribution is 6.04. The number of aliphatic hydroxyl groups excluding tert-OH is 1. The number of rotatable bonds is 2. The fraction of sp³-hybridized carbons (Fsp3) is 0.263. The first kappa shape index (κ1) is 16.8. The zero-order valence-electron chi connectivity index (χ0n) is 13.9. The van der Waals surface area contributed by atoms with Crippen molar-refractivity contribution in [2.75, 3.05) is 0 Å². The van der Waals surface area contributed by atoms with E-state index in [1.807, 2.05) is 6.07 Å². The van der Waals surface area contributed by atoms with Gasteiger partial charge in [0.05, 0.1) is 29.2 Å². The number of nitrogens with one attached hydrogen (secondary N) is 1. The molecule has 3 rings (SSSR count). The van der Waals surface area contributed by atoms with Crippen LogP contribution in [0.5, 0.6) is 0 Å². The van der Waals surface area contributed by atoms with E-state index in [2.05, 4.69) is 10.3 Å². The van der Waals surface area contributed by atoms with E-state index in [1.165, 1.54) is 12.4 Å². The second-order valence-corrected chi connectivity index (χ2v) is 6.60. The van der Waals surface area contributed by atoms with Gasteiger partial charge in [0.2, 0.25) is 0 Å². The molecule has 0 fully saturated rings. The van der Waals surface area contributed by atoms with Gasteiger partial charge in [0, 0.05) is 23.5 Å². The lowest BCUT2D eigenvalue weighted by Gasteiger charge is -2.40. The van der Waals surface area contributed by atoms with Crippen LogP contribution in [-0.2, 0) is 0 Å². The van der Waals surface area contributed by atoms with E-state index >= 15 is 0 Å². The zero-order chi connectivity index (χ0) is 18.2. The Morgan fingerprint density at radius 1 is 1.28 bits per heavy atom. The van der Waals surface area contributed by atoms with Gasteiger partial charge in [-0.05, 0) is 49.7 Å². The molecule has 0 saturated carbocycles. The van der Waals surface area contributed by atoms with E-state index in [-0.39, 0.29) is 11.7 Å². The SMILES string of the molecule is CC1(C)C(=O)c2ccc(C#N)cc2[C@@H](NC(=O)c2ccncc2)[C@@H]1O. The molecule has 0 bridgehead atoms. The maximum absolute atomic E-state index is 12.7. The molecule has 1 aliphatic rings. The molecule has 25 heavy (non-hydrogen) atoms. The third-order valence-corrected chi connectivity index (χ3v) is 4.63. The average Bonchev–Trinajstić information content (AvgIpc) is 2.64. The van der Waals surface area contributed by atoms with Crippen molar-refractivity contribution in [3.63, 3.8) is 0 Å². The van der Waals surface area contributed by atoms with Crippen LogP contribution in [0.4, 0.5) is 0 Å². The number of carbonyl (C=O) groups excluding carboxylic acids is 2. The molecule has 6 nitrogen and oxygen atoms in total. The summed E-state index contributed by atoms with van der Waals surface area (Å²) in [5, 5.41) is 22.7. The molecule has 0 spiro atoms. The number of pyridine rings is 1. The molecule has 1 aromatic heterocycles. The topological polar surface area (TPSA) is 103 Å². The van der Waals surface area contributed by atoms with E-state index in [0.29, 0.717) is 22.3 Å². The number of amides is 1. The van der Waals surface area contributed by atoms with E-state index in [4.69, 9.17) is 5.26 Å². The molecule has 0 aliphatic heterocycles. The molecule has 2 N–H and O–H groups in total. The van der Waals surface area contributed by atoms with Crippen LogP contribution < -0.4 is 5.32 Å². The van der Waals surface area contributed by atoms with Gasteiger partial charge in [-0.1, -0.05) is 0 Å². The normalized spacial score (nSPS) is 21.1. The fourth-order valence-corrected chi connectivity index (χ4v) is 3.05. The lowest BCUT2D eigenvalue weighted by Crippen LogP contribution is -2.51. The van der Waals surface area contributed by atoms with Crippen molar-refractivity contribution in [3.05, 3.63) is 65.0 Å². The first-order chi connectivity index (χ1) is 11.9. The summed E-state index contributed by atoms with van der Waals surface area (Å²) < 4.78 is 0. The van der Waals surface area contributed by atoms with Gasteiger partial charge >= 0.3 is 0 Å². The Hall–Kier alpha value is -3.04. The van der Waals surface area contributed by atoms with Crippen molar-refractivity contribution >= 4 is 11.7 Å². The molecular weight excluding hydrogens is 318 g/mol. The molecule has 6 heteroatoms. The van der Waals surface area contributed by atoms with Crippen molar-refractivity contribution in [1.82, 2.24) is 10.3 Å². The summed E-state index contributed by atoms with van der Waals surface area (Å²) in [6, 6.07) is 9.04. The first-order valence-corrected chi connectivity index (χ1v) is 7.84. The molecule has 1 heterocycles. The van der Waals surface area contributed by atoms with E-state index in [9.17, 15) is 14.7 Å². The number of hydrogen-bond acceptors (Lipinski definition) is 5. The molecule has 2 atom stereocenters. The number of aliphatic hydroxyl groups is 1. The molecule has 126 valence electrons. The molecule has 0 saturated heterocycles. The number of hydrogen-bond donors (Lipinski definition) is 2. The number of aromatic nitrogens is 1. The Bertz CT molecular complexity index is 885. The Balaban J connectivity index is 2.06. The minimum absolute atomic E-state index is 0.214. The van der Waals surface area contributed by atoms with Crippen LogP contribution in [0.3, 0.4) is 0 Å². The first-order valence-electron chi connectivity index (χ1n) is 7.84. The number of carbonyl (C=O) groups is 2. The molecule has 1 amide bonds. The number of Topliss-reactive ketones (excluding diaryl/α,β-unsaturated/α-hetero) is 1. The van der Waals surface area contributed by atoms with Crippen LogP contribution in [0.15, 0.2) is 42.7 Å². The van der Waals surface area contributed by atoms with Gasteiger partial charge in [-0.25, -0.2) is 0 Å². The van der Waals surface area contributed by atoms with Crippen LogP contribution in [0.2, 0.25) is 0 Å². The standard InChI is InChI=1S/C19H17N3O3/c1-19(2)16(23)13-4-3-11(10-20)9-14(13)15(17(19)24)22-18(25)12-5-7-21-8-6-12/h3-9,15,17,24H,1-2H3,(H,22,25)/t15-,17+/m1/s1. The highest BCUT2D eigenvalue weighted by Crippen LogP contribution is 2.41. The number of nitriles is 1. The molecule has 1 aliphatic carbocycles. The van der Waals surface area contributed by atoms with Crippen molar-refractivity contribution < 1.29 is 14.7 Å².